The highest BCUT2D eigenvalue weighted by Gasteiger charge is 2.21. The summed E-state index contributed by atoms with van der Waals surface area (Å²) in [4.78, 5) is -1.27. The number of anilines is 5. The minimum absolute atomic E-state index is 0.0145. The fourth-order valence-electron chi connectivity index (χ4n) is 8.73. The largest absolute Gasteiger partial charge is 0.507 e. The van der Waals surface area contributed by atoms with E-state index >= 15 is 0 Å². The van der Waals surface area contributed by atoms with E-state index in [0.29, 0.717) is 43.8 Å². The van der Waals surface area contributed by atoms with E-state index < -0.39 is 40.5 Å². The molecule has 0 aliphatic rings. The second-order valence-corrected chi connectivity index (χ2v) is 24.2. The van der Waals surface area contributed by atoms with Crippen molar-refractivity contribution in [3.63, 3.8) is 0 Å². The maximum Gasteiger partial charge on any atom is 0.297 e. The minimum atomic E-state index is -4.43. The van der Waals surface area contributed by atoms with Crippen molar-refractivity contribution in [2.75, 3.05) is 28.7 Å². The van der Waals surface area contributed by atoms with Crippen molar-refractivity contribution >= 4 is 123 Å². The normalized spacial score (nSPS) is 11.7. The smallest absolute Gasteiger partial charge is 0.297 e. The summed E-state index contributed by atoms with van der Waals surface area (Å²) in [5.41, 5.74) is 32.9. The number of fused-ring (bicyclic) bond motifs is 5. The predicted molar refractivity (Wildman–Crippen MR) is 313 cm³/mol. The molecule has 10 aromatic carbocycles. The molecule has 0 unspecified atom stereocenters. The number of nitrogens with two attached hydrogens (primary N) is 5. The van der Waals surface area contributed by atoms with E-state index in [2.05, 4.69) is 0 Å². The Labute approximate surface area is 464 Å². The molecule has 0 aromatic heterocycles. The quantitative estimate of drug-likeness (QED) is 0.0576. The number of aryl methyl sites for hydroxylation is 5. The first-order valence-corrected chi connectivity index (χ1v) is 29.1. The van der Waals surface area contributed by atoms with Crippen LogP contribution in [0.5, 0.6) is 28.7 Å². The van der Waals surface area contributed by atoms with Crippen molar-refractivity contribution in [2.45, 2.75) is 54.2 Å². The van der Waals surface area contributed by atoms with E-state index in [1.165, 1.54) is 60.7 Å². The third-order valence-electron chi connectivity index (χ3n) is 12.1. The van der Waals surface area contributed by atoms with E-state index in [0.717, 1.165) is 39.2 Å². The SMILES string of the molecule is Cc1cc(O)c2c(N)cc(S(=O)(=O)O)cc2c1.Cc1cc(O)c2c(N)ccc(S(=O)(=O)O)c2c1.Cc1cc(O)c2cc(N)c(S(=O)(=O)O)cc2c1.Cc1cc(O)c2ccc(N)c(S(=O)(=O)O)c2c1.Cc1cc(O)c2ccc(N)cc2c1. The van der Waals surface area contributed by atoms with Gasteiger partial charge in [-0.25, -0.2) is 0 Å². The molecule has 426 valence electrons. The lowest BCUT2D eigenvalue weighted by atomic mass is 10.0. The zero-order chi connectivity index (χ0) is 60.6. The lowest BCUT2D eigenvalue weighted by Crippen LogP contribution is -2.04. The Morgan fingerprint density at radius 1 is 0.309 bits per heavy atom. The average molecular weight is 1190 g/mol. The highest BCUT2D eigenvalue weighted by Crippen LogP contribution is 2.38. The van der Waals surface area contributed by atoms with Crippen molar-refractivity contribution in [3.8, 4) is 28.7 Å². The first-order chi connectivity index (χ1) is 37.3. The van der Waals surface area contributed by atoms with Gasteiger partial charge in [-0.3, -0.25) is 18.2 Å². The molecule has 0 spiro atoms. The Morgan fingerprint density at radius 3 is 1.28 bits per heavy atom. The van der Waals surface area contributed by atoms with E-state index in [-0.39, 0.29) is 81.5 Å². The standard InChI is InChI=1S/4C11H11NO4S.C11H11NO/c1-6-2-7-4-11(17(14,15)16)9(12)5-8(7)10(13)3-6;1-6-2-7-4-8(17(14,15)16)5-9(12)11(7)10(13)3-6;1-6-4-7-10(17(14,15)16)3-2-8(12)11(7)9(13)5-6;1-6-4-8-7(10(13)5-6)2-3-9(12)11(8)17(14,15)16;1-7-4-8-6-9(12)2-3-10(8)11(13)5-7/h4*2-5,13H,12H2,1H3,(H,14,15,16);2-6,13H,12H2,1H3. The van der Waals surface area contributed by atoms with Crippen molar-refractivity contribution in [3.05, 3.63) is 155 Å². The number of benzene rings is 10. The molecule has 26 heteroatoms. The van der Waals surface area contributed by atoms with Crippen LogP contribution in [0.2, 0.25) is 0 Å². The Kier molecular flexibility index (Phi) is 17.5. The van der Waals surface area contributed by atoms with Gasteiger partial charge < -0.3 is 54.2 Å². The molecule has 0 saturated carbocycles. The number of hydrogen-bond acceptors (Lipinski definition) is 18. The molecule has 0 atom stereocenters. The lowest BCUT2D eigenvalue weighted by molar-refractivity contribution is 0.479. The second-order valence-electron chi connectivity index (χ2n) is 18.7. The highest BCUT2D eigenvalue weighted by atomic mass is 32.2. The van der Waals surface area contributed by atoms with E-state index in [9.17, 15) is 59.2 Å². The van der Waals surface area contributed by atoms with Crippen molar-refractivity contribution in [1.82, 2.24) is 0 Å². The molecule has 19 N–H and O–H groups in total. The number of nitrogen functional groups attached to an aromatic ring is 5. The van der Waals surface area contributed by atoms with Crippen LogP contribution in [-0.2, 0) is 40.5 Å². The molecular formula is C55H55N5O17S4. The monoisotopic (exact) mass is 1190 g/mol. The summed E-state index contributed by atoms with van der Waals surface area (Å²) in [5, 5.41) is 53.1. The molecule has 0 radical (unpaired) electrons. The Balaban J connectivity index is 0.000000164. The first-order valence-electron chi connectivity index (χ1n) is 23.3. The van der Waals surface area contributed by atoms with Gasteiger partial charge in [-0.15, -0.1) is 0 Å². The third-order valence-corrected chi connectivity index (χ3v) is 15.7. The third kappa shape index (κ3) is 14.3. The summed E-state index contributed by atoms with van der Waals surface area (Å²) in [6.07, 6.45) is 0. The van der Waals surface area contributed by atoms with Gasteiger partial charge in [0.1, 0.15) is 43.4 Å². The van der Waals surface area contributed by atoms with Gasteiger partial charge in [0.25, 0.3) is 40.5 Å². The van der Waals surface area contributed by atoms with Gasteiger partial charge in [0.15, 0.2) is 0 Å². The molecule has 0 amide bonds. The first kappa shape index (κ1) is 61.4. The van der Waals surface area contributed by atoms with Crippen LogP contribution in [-0.4, -0.2) is 77.4 Å². The Morgan fingerprint density at radius 2 is 0.753 bits per heavy atom. The van der Waals surface area contributed by atoms with Crippen LogP contribution >= 0.6 is 0 Å². The zero-order valence-corrected chi connectivity index (χ0v) is 46.7. The summed E-state index contributed by atoms with van der Waals surface area (Å²) in [6.45, 7) is 8.88. The maximum atomic E-state index is 11.3. The number of hydrogen-bond donors (Lipinski definition) is 14. The highest BCUT2D eigenvalue weighted by molar-refractivity contribution is 7.86. The molecule has 0 fully saturated rings. The van der Waals surface area contributed by atoms with Crippen LogP contribution in [0.25, 0.3) is 53.9 Å². The van der Waals surface area contributed by atoms with Gasteiger partial charge in [0.2, 0.25) is 0 Å². The fourth-order valence-corrected chi connectivity index (χ4v) is 11.4. The predicted octanol–water partition coefficient (Wildman–Crippen LogP) is 9.17. The Bertz CT molecular complexity index is 4640. The van der Waals surface area contributed by atoms with Crippen LogP contribution in [0.1, 0.15) is 27.8 Å². The number of rotatable bonds is 4. The minimum Gasteiger partial charge on any atom is -0.507 e. The molecule has 0 heterocycles. The molecular weight excluding hydrogens is 1130 g/mol. The molecule has 22 nitrogen and oxygen atoms in total. The van der Waals surface area contributed by atoms with Crippen LogP contribution in [0, 0.1) is 34.6 Å². The van der Waals surface area contributed by atoms with Crippen LogP contribution < -0.4 is 28.7 Å². The van der Waals surface area contributed by atoms with Crippen LogP contribution in [0.3, 0.4) is 0 Å². The molecule has 10 aromatic rings. The van der Waals surface area contributed by atoms with Crippen LogP contribution in [0.15, 0.2) is 147 Å². The molecule has 0 aliphatic carbocycles. The van der Waals surface area contributed by atoms with Crippen molar-refractivity contribution in [2.24, 2.45) is 0 Å². The number of phenolic OH excluding ortho intramolecular Hbond substituents is 5. The second kappa shape index (κ2) is 23.1. The van der Waals surface area contributed by atoms with Gasteiger partial charge in [-0.1, -0.05) is 18.2 Å². The summed E-state index contributed by atoms with van der Waals surface area (Å²) < 4.78 is 125. The van der Waals surface area contributed by atoms with Gasteiger partial charge in [-0.05, 0) is 188 Å². The van der Waals surface area contributed by atoms with Gasteiger partial charge in [0, 0.05) is 54.8 Å². The lowest BCUT2D eigenvalue weighted by Gasteiger charge is -2.09. The number of aromatic hydroxyl groups is 5. The molecule has 81 heavy (non-hydrogen) atoms. The van der Waals surface area contributed by atoms with E-state index in [4.69, 9.17) is 46.9 Å². The van der Waals surface area contributed by atoms with Crippen LogP contribution in [0.4, 0.5) is 28.4 Å². The molecule has 0 saturated heterocycles. The summed E-state index contributed by atoms with van der Waals surface area (Å²) >= 11 is 0. The van der Waals surface area contributed by atoms with Crippen molar-refractivity contribution < 1.29 is 77.4 Å². The van der Waals surface area contributed by atoms with E-state index in [1.807, 2.05) is 25.1 Å². The number of phenols is 5. The topological polar surface area (TPSA) is 449 Å². The summed E-state index contributed by atoms with van der Waals surface area (Å²) in [7, 11) is -17.4. The molecule has 0 bridgehead atoms. The van der Waals surface area contributed by atoms with E-state index in [1.54, 1.807) is 70.2 Å². The average Bonchev–Trinajstić information content (AvgIpc) is 3.33. The fraction of sp³-hybridized carbons (Fsp3) is 0.0909. The molecule has 10 rings (SSSR count). The Hall–Kier alpha value is -8.86. The van der Waals surface area contributed by atoms with Crippen molar-refractivity contribution in [1.29, 1.82) is 0 Å². The molecule has 0 aliphatic heterocycles. The van der Waals surface area contributed by atoms with Gasteiger partial charge in [-0.2, -0.15) is 33.7 Å². The van der Waals surface area contributed by atoms with Gasteiger partial charge >= 0.3 is 0 Å². The van der Waals surface area contributed by atoms with Gasteiger partial charge in [0.05, 0.1) is 16.3 Å². The summed E-state index contributed by atoms with van der Waals surface area (Å²) in [5.74, 6) is 0.163. The zero-order valence-electron chi connectivity index (χ0n) is 43.4. The maximum absolute atomic E-state index is 11.3. The summed E-state index contributed by atoms with van der Waals surface area (Å²) in [6, 6.07) is 32.1.